The van der Waals surface area contributed by atoms with Gasteiger partial charge >= 0.3 is 5.97 Å². The zero-order valence-electron chi connectivity index (χ0n) is 19.7. The number of carbonyl (C=O) groups excluding carboxylic acids is 1. The van der Waals surface area contributed by atoms with Crippen molar-refractivity contribution >= 4 is 5.97 Å². The molecule has 0 aromatic rings. The SMILES string of the molecule is C=C(CCC[C@]1(C)CC[C@@H]([C@@H](C)C(=O)OC)OO1)CC[C@]1(O)C(=C)CCCC1(C)C. The first kappa shape index (κ1) is 25.1. The Kier molecular flexibility index (Phi) is 8.34. The highest BCUT2D eigenvalue weighted by Crippen LogP contribution is 2.49. The molecule has 1 aliphatic heterocycles. The molecule has 5 heteroatoms. The molecule has 0 aromatic heterocycles. The average molecular weight is 423 g/mol. The zero-order chi connectivity index (χ0) is 22.6. The number of carbonyl (C=O) groups is 1. The molecular formula is C25H42O5. The lowest BCUT2D eigenvalue weighted by Crippen LogP contribution is -2.48. The van der Waals surface area contributed by atoms with Gasteiger partial charge < -0.3 is 9.84 Å². The van der Waals surface area contributed by atoms with Gasteiger partial charge in [-0.25, -0.2) is 9.78 Å². The van der Waals surface area contributed by atoms with Crippen LogP contribution >= 0.6 is 0 Å². The molecule has 4 atom stereocenters. The Bertz CT molecular complexity index is 629. The molecule has 172 valence electrons. The molecule has 1 saturated carbocycles. The fourth-order valence-electron chi connectivity index (χ4n) is 4.90. The van der Waals surface area contributed by atoms with Gasteiger partial charge in [0.1, 0.15) is 11.7 Å². The van der Waals surface area contributed by atoms with E-state index in [4.69, 9.17) is 14.5 Å². The van der Waals surface area contributed by atoms with Crippen LogP contribution in [-0.2, 0) is 19.3 Å². The van der Waals surface area contributed by atoms with E-state index in [0.29, 0.717) is 6.42 Å². The van der Waals surface area contributed by atoms with Crippen molar-refractivity contribution in [2.45, 2.75) is 109 Å². The molecule has 0 aromatic carbocycles. The fraction of sp³-hybridized carbons (Fsp3) is 0.800. The molecule has 2 fully saturated rings. The first-order valence-electron chi connectivity index (χ1n) is 11.4. The predicted octanol–water partition coefficient (Wildman–Crippen LogP) is 5.67. The van der Waals surface area contributed by atoms with Crippen molar-refractivity contribution < 1.29 is 24.4 Å². The van der Waals surface area contributed by atoms with Gasteiger partial charge in [-0.1, -0.05) is 32.6 Å². The van der Waals surface area contributed by atoms with Crippen LogP contribution < -0.4 is 0 Å². The average Bonchev–Trinajstić information content (AvgIpc) is 2.70. The maximum absolute atomic E-state index is 11.7. The van der Waals surface area contributed by atoms with Crippen LogP contribution in [0.4, 0.5) is 0 Å². The quantitative estimate of drug-likeness (QED) is 0.295. The van der Waals surface area contributed by atoms with Crippen LogP contribution in [0.2, 0.25) is 0 Å². The lowest BCUT2D eigenvalue weighted by atomic mass is 9.61. The molecule has 1 heterocycles. The minimum Gasteiger partial charge on any atom is -0.469 e. The van der Waals surface area contributed by atoms with Crippen molar-refractivity contribution in [1.82, 2.24) is 0 Å². The molecule has 2 rings (SSSR count). The highest BCUT2D eigenvalue weighted by Gasteiger charge is 2.47. The molecule has 1 N–H and O–H groups in total. The molecular weight excluding hydrogens is 380 g/mol. The second-order valence-electron chi connectivity index (χ2n) is 10.3. The molecule has 1 saturated heterocycles. The van der Waals surface area contributed by atoms with Crippen molar-refractivity contribution in [2.24, 2.45) is 11.3 Å². The third kappa shape index (κ3) is 5.74. The lowest BCUT2D eigenvalue weighted by molar-refractivity contribution is -0.411. The van der Waals surface area contributed by atoms with Gasteiger partial charge in [-0.2, -0.15) is 0 Å². The van der Waals surface area contributed by atoms with Gasteiger partial charge in [0.25, 0.3) is 0 Å². The Labute approximate surface area is 182 Å². The van der Waals surface area contributed by atoms with Gasteiger partial charge in [0, 0.05) is 0 Å². The van der Waals surface area contributed by atoms with Crippen molar-refractivity contribution in [2.75, 3.05) is 7.11 Å². The van der Waals surface area contributed by atoms with E-state index >= 15 is 0 Å². The summed E-state index contributed by atoms with van der Waals surface area (Å²) in [6.07, 6.45) is 8.65. The minimum atomic E-state index is -0.800. The maximum Gasteiger partial charge on any atom is 0.311 e. The Morgan fingerprint density at radius 2 is 1.97 bits per heavy atom. The van der Waals surface area contributed by atoms with Gasteiger partial charge in [0.2, 0.25) is 0 Å². The summed E-state index contributed by atoms with van der Waals surface area (Å²) in [5.74, 6) is -0.599. The second kappa shape index (κ2) is 9.97. The highest BCUT2D eigenvalue weighted by molar-refractivity contribution is 5.72. The van der Waals surface area contributed by atoms with E-state index in [0.717, 1.165) is 68.9 Å². The number of hydrogen-bond acceptors (Lipinski definition) is 5. The van der Waals surface area contributed by atoms with Gasteiger partial charge in [0.15, 0.2) is 0 Å². The van der Waals surface area contributed by atoms with Crippen LogP contribution in [0, 0.1) is 11.3 Å². The Morgan fingerprint density at radius 3 is 2.53 bits per heavy atom. The second-order valence-corrected chi connectivity index (χ2v) is 10.3. The largest absolute Gasteiger partial charge is 0.469 e. The monoisotopic (exact) mass is 422 g/mol. The summed E-state index contributed by atoms with van der Waals surface area (Å²) < 4.78 is 4.79. The lowest BCUT2D eigenvalue weighted by Gasteiger charge is -2.48. The number of rotatable bonds is 9. The van der Waals surface area contributed by atoms with E-state index in [1.54, 1.807) is 0 Å². The third-order valence-electron chi connectivity index (χ3n) is 7.52. The fourth-order valence-corrected chi connectivity index (χ4v) is 4.90. The summed E-state index contributed by atoms with van der Waals surface area (Å²) in [6.45, 7) is 16.6. The number of esters is 1. The third-order valence-corrected chi connectivity index (χ3v) is 7.52. The van der Waals surface area contributed by atoms with Crippen molar-refractivity contribution in [3.8, 4) is 0 Å². The number of allylic oxidation sites excluding steroid dienone is 1. The molecule has 0 spiro atoms. The minimum absolute atomic E-state index is 0.138. The summed E-state index contributed by atoms with van der Waals surface area (Å²) in [5.41, 5.74) is 0.857. The smallest absolute Gasteiger partial charge is 0.311 e. The van der Waals surface area contributed by atoms with Crippen LogP contribution in [0.1, 0.15) is 91.9 Å². The first-order chi connectivity index (χ1) is 13.9. The molecule has 0 amide bonds. The molecule has 0 radical (unpaired) electrons. The zero-order valence-corrected chi connectivity index (χ0v) is 19.7. The Morgan fingerprint density at radius 1 is 1.27 bits per heavy atom. The van der Waals surface area contributed by atoms with Crippen LogP contribution in [0.3, 0.4) is 0 Å². The molecule has 2 aliphatic rings. The van der Waals surface area contributed by atoms with Crippen LogP contribution in [0.5, 0.6) is 0 Å². The summed E-state index contributed by atoms with van der Waals surface area (Å²) in [5, 5.41) is 11.3. The van der Waals surface area contributed by atoms with Crippen LogP contribution in [0.25, 0.3) is 0 Å². The normalized spacial score (nSPS) is 32.5. The Hall–Kier alpha value is -1.17. The molecule has 30 heavy (non-hydrogen) atoms. The summed E-state index contributed by atoms with van der Waals surface area (Å²) in [7, 11) is 1.39. The summed E-state index contributed by atoms with van der Waals surface area (Å²) in [6, 6.07) is 0. The van der Waals surface area contributed by atoms with E-state index < -0.39 is 5.60 Å². The topological polar surface area (TPSA) is 65.0 Å². The van der Waals surface area contributed by atoms with Gasteiger partial charge in [0.05, 0.1) is 18.6 Å². The number of hydrogen-bond donors (Lipinski definition) is 1. The number of methoxy groups -OCH3 is 1. The van der Waals surface area contributed by atoms with Crippen LogP contribution in [0.15, 0.2) is 24.3 Å². The van der Waals surface area contributed by atoms with Crippen molar-refractivity contribution in [3.63, 3.8) is 0 Å². The predicted molar refractivity (Wildman–Crippen MR) is 119 cm³/mol. The van der Waals surface area contributed by atoms with Crippen molar-refractivity contribution in [1.29, 1.82) is 0 Å². The van der Waals surface area contributed by atoms with Gasteiger partial charge in [-0.3, -0.25) is 4.79 Å². The van der Waals surface area contributed by atoms with Crippen LogP contribution in [-0.4, -0.2) is 35.5 Å². The molecule has 0 unspecified atom stereocenters. The number of aliphatic hydroxyl groups is 1. The highest BCUT2D eigenvalue weighted by atomic mass is 17.2. The van der Waals surface area contributed by atoms with Gasteiger partial charge in [-0.05, 0) is 89.0 Å². The summed E-state index contributed by atoms with van der Waals surface area (Å²) in [4.78, 5) is 22.9. The molecule has 5 nitrogen and oxygen atoms in total. The standard InChI is InChI=1S/C25H42O5/c1-18(12-17-25(27)19(2)11-9-14-23(25,4)5)10-8-15-24(6)16-13-21(29-30-24)20(3)22(26)28-7/h20-21,27H,1-2,8-17H2,3-7H3/t20-,21+,24-,25+/m1/s1. The Balaban J connectivity index is 1.74. The van der Waals surface area contributed by atoms with Gasteiger partial charge in [-0.15, -0.1) is 0 Å². The first-order valence-corrected chi connectivity index (χ1v) is 11.4. The van der Waals surface area contributed by atoms with Crippen molar-refractivity contribution in [3.05, 3.63) is 24.3 Å². The summed E-state index contributed by atoms with van der Waals surface area (Å²) >= 11 is 0. The van der Waals surface area contributed by atoms with E-state index in [1.807, 2.05) is 6.92 Å². The van der Waals surface area contributed by atoms with E-state index in [9.17, 15) is 9.90 Å². The number of ether oxygens (including phenoxy) is 1. The maximum atomic E-state index is 11.7. The van der Waals surface area contributed by atoms with E-state index in [-0.39, 0.29) is 29.0 Å². The molecule has 1 aliphatic carbocycles. The van der Waals surface area contributed by atoms with E-state index in [2.05, 4.69) is 33.9 Å². The van der Waals surface area contributed by atoms with E-state index in [1.165, 1.54) is 7.11 Å². The molecule has 0 bridgehead atoms.